The number of amides is 1. The van der Waals surface area contributed by atoms with Gasteiger partial charge in [0.05, 0.1) is 16.8 Å². The lowest BCUT2D eigenvalue weighted by atomic mass is 10.1. The number of hydrogen-bond acceptors (Lipinski definition) is 3. The van der Waals surface area contributed by atoms with Gasteiger partial charge in [-0.25, -0.2) is 9.67 Å². The van der Waals surface area contributed by atoms with Crippen LogP contribution in [-0.4, -0.2) is 20.7 Å². The molecule has 140 valence electrons. The summed E-state index contributed by atoms with van der Waals surface area (Å²) in [4.78, 5) is 16.5. The molecular weight excluding hydrogens is 357 g/mol. The number of benzene rings is 1. The van der Waals surface area contributed by atoms with Gasteiger partial charge in [0.1, 0.15) is 0 Å². The summed E-state index contributed by atoms with van der Waals surface area (Å²) in [5.41, 5.74) is 1.36. The van der Waals surface area contributed by atoms with Crippen molar-refractivity contribution in [3.63, 3.8) is 0 Å². The second-order valence-corrected chi connectivity index (χ2v) is 6.23. The Hall–Kier alpha value is -3.16. The van der Waals surface area contributed by atoms with Crippen molar-refractivity contribution in [2.75, 3.05) is 5.32 Å². The standard InChI is InChI=1S/C19H17F3N4O/c1-11-4-6-15(9-16(11)19(20,21)22)24-18(27)14-5-7-17(23-10-14)26-13(3)8-12(2)25-26/h4-10H,1-3H3,(H,24,27). The lowest BCUT2D eigenvalue weighted by Gasteiger charge is -2.13. The van der Waals surface area contributed by atoms with Gasteiger partial charge in [-0.05, 0) is 56.7 Å². The average molecular weight is 374 g/mol. The molecule has 2 aromatic heterocycles. The van der Waals surface area contributed by atoms with Crippen molar-refractivity contribution >= 4 is 11.6 Å². The predicted octanol–water partition coefficient (Wildman–Crippen LogP) is 4.46. The Bertz CT molecular complexity index is 991. The fraction of sp³-hybridized carbons (Fsp3) is 0.211. The van der Waals surface area contributed by atoms with Crippen LogP contribution in [0.25, 0.3) is 5.82 Å². The summed E-state index contributed by atoms with van der Waals surface area (Å²) in [6.45, 7) is 5.12. The number of pyridine rings is 1. The highest BCUT2D eigenvalue weighted by Crippen LogP contribution is 2.33. The number of carbonyl (C=O) groups excluding carboxylic acids is 1. The van der Waals surface area contributed by atoms with E-state index in [1.54, 1.807) is 16.8 Å². The van der Waals surface area contributed by atoms with Gasteiger partial charge >= 0.3 is 6.18 Å². The molecule has 0 aliphatic heterocycles. The molecule has 27 heavy (non-hydrogen) atoms. The molecule has 1 aromatic carbocycles. The number of anilines is 1. The van der Waals surface area contributed by atoms with E-state index in [4.69, 9.17) is 0 Å². The van der Waals surface area contributed by atoms with Crippen LogP contribution in [0.15, 0.2) is 42.6 Å². The molecule has 5 nitrogen and oxygen atoms in total. The Kier molecular flexibility index (Phi) is 4.73. The molecule has 0 atom stereocenters. The maximum absolute atomic E-state index is 13.0. The molecule has 8 heteroatoms. The normalized spacial score (nSPS) is 11.5. The van der Waals surface area contributed by atoms with E-state index in [1.165, 1.54) is 25.3 Å². The van der Waals surface area contributed by atoms with Crippen LogP contribution >= 0.6 is 0 Å². The topological polar surface area (TPSA) is 59.8 Å². The van der Waals surface area contributed by atoms with E-state index < -0.39 is 17.6 Å². The van der Waals surface area contributed by atoms with Crippen molar-refractivity contribution in [3.05, 3.63) is 70.7 Å². The number of aromatic nitrogens is 3. The third-order valence-electron chi connectivity index (χ3n) is 4.04. The maximum Gasteiger partial charge on any atom is 0.416 e. The smallest absolute Gasteiger partial charge is 0.322 e. The van der Waals surface area contributed by atoms with Gasteiger partial charge < -0.3 is 5.32 Å². The second kappa shape index (κ2) is 6.86. The summed E-state index contributed by atoms with van der Waals surface area (Å²) >= 11 is 0. The zero-order valence-corrected chi connectivity index (χ0v) is 14.9. The molecule has 0 bridgehead atoms. The number of halogens is 3. The molecule has 0 saturated carbocycles. The average Bonchev–Trinajstić information content (AvgIpc) is 2.94. The first-order valence-corrected chi connectivity index (χ1v) is 8.14. The Morgan fingerprint density at radius 2 is 1.81 bits per heavy atom. The number of carbonyl (C=O) groups is 1. The summed E-state index contributed by atoms with van der Waals surface area (Å²) in [7, 11) is 0. The molecule has 0 aliphatic rings. The van der Waals surface area contributed by atoms with Crippen LogP contribution in [0.4, 0.5) is 18.9 Å². The predicted molar refractivity (Wildman–Crippen MR) is 95.0 cm³/mol. The highest BCUT2D eigenvalue weighted by Gasteiger charge is 2.32. The number of nitrogens with zero attached hydrogens (tertiary/aromatic N) is 3. The fourth-order valence-electron chi connectivity index (χ4n) is 2.71. The number of alkyl halides is 3. The highest BCUT2D eigenvalue weighted by atomic mass is 19.4. The lowest BCUT2D eigenvalue weighted by molar-refractivity contribution is -0.138. The summed E-state index contributed by atoms with van der Waals surface area (Å²) in [6.07, 6.45) is -3.12. The largest absolute Gasteiger partial charge is 0.416 e. The van der Waals surface area contributed by atoms with Crippen LogP contribution in [0.2, 0.25) is 0 Å². The molecule has 3 rings (SSSR count). The van der Waals surface area contributed by atoms with E-state index in [1.807, 2.05) is 19.9 Å². The molecule has 0 radical (unpaired) electrons. The molecule has 2 heterocycles. The number of aryl methyl sites for hydroxylation is 3. The monoisotopic (exact) mass is 374 g/mol. The van der Waals surface area contributed by atoms with Crippen molar-refractivity contribution in [3.8, 4) is 5.82 Å². The second-order valence-electron chi connectivity index (χ2n) is 6.23. The van der Waals surface area contributed by atoms with Crippen molar-refractivity contribution in [1.82, 2.24) is 14.8 Å². The maximum atomic E-state index is 13.0. The molecule has 1 N–H and O–H groups in total. The minimum Gasteiger partial charge on any atom is -0.322 e. The highest BCUT2D eigenvalue weighted by molar-refractivity contribution is 6.04. The van der Waals surface area contributed by atoms with Crippen LogP contribution < -0.4 is 5.32 Å². The molecule has 1 amide bonds. The molecule has 0 saturated heterocycles. The van der Waals surface area contributed by atoms with E-state index in [-0.39, 0.29) is 16.8 Å². The van der Waals surface area contributed by atoms with Gasteiger partial charge in [0.15, 0.2) is 5.82 Å². The van der Waals surface area contributed by atoms with E-state index in [0.717, 1.165) is 17.5 Å². The zero-order valence-electron chi connectivity index (χ0n) is 14.9. The molecule has 0 unspecified atom stereocenters. The SMILES string of the molecule is Cc1cc(C)n(-c2ccc(C(=O)Nc3ccc(C)c(C(F)(F)F)c3)cn2)n1. The Morgan fingerprint density at radius 1 is 1.07 bits per heavy atom. The minimum atomic E-state index is -4.48. The number of nitrogens with one attached hydrogen (secondary N) is 1. The van der Waals surface area contributed by atoms with Gasteiger partial charge in [0.25, 0.3) is 5.91 Å². The molecule has 0 spiro atoms. The van der Waals surface area contributed by atoms with Crippen molar-refractivity contribution in [2.24, 2.45) is 0 Å². The first-order valence-electron chi connectivity index (χ1n) is 8.14. The van der Waals surface area contributed by atoms with Gasteiger partial charge in [-0.1, -0.05) is 6.07 Å². The lowest BCUT2D eigenvalue weighted by Crippen LogP contribution is -2.14. The van der Waals surface area contributed by atoms with Crippen LogP contribution in [0.3, 0.4) is 0 Å². The number of rotatable bonds is 3. The first kappa shape index (κ1) is 18.6. The molecule has 0 aliphatic carbocycles. The van der Waals surface area contributed by atoms with Crippen LogP contribution in [0, 0.1) is 20.8 Å². The molecule has 0 fully saturated rings. The Labute approximate surface area is 153 Å². The fourth-order valence-corrected chi connectivity index (χ4v) is 2.71. The van der Waals surface area contributed by atoms with Crippen molar-refractivity contribution in [2.45, 2.75) is 26.9 Å². The summed E-state index contributed by atoms with van der Waals surface area (Å²) in [5.74, 6) is 0.00578. The van der Waals surface area contributed by atoms with Gasteiger partial charge in [-0.3, -0.25) is 4.79 Å². The third kappa shape index (κ3) is 3.99. The molecule has 3 aromatic rings. The van der Waals surface area contributed by atoms with Gasteiger partial charge in [0, 0.05) is 17.6 Å². The Morgan fingerprint density at radius 3 is 2.37 bits per heavy atom. The van der Waals surface area contributed by atoms with E-state index in [2.05, 4.69) is 15.4 Å². The van der Waals surface area contributed by atoms with Crippen LogP contribution in [0.5, 0.6) is 0 Å². The van der Waals surface area contributed by atoms with E-state index >= 15 is 0 Å². The van der Waals surface area contributed by atoms with Gasteiger partial charge in [-0.15, -0.1) is 0 Å². The quantitative estimate of drug-likeness (QED) is 0.736. The molecular formula is C19H17F3N4O. The van der Waals surface area contributed by atoms with Gasteiger partial charge in [-0.2, -0.15) is 18.3 Å². The van der Waals surface area contributed by atoms with Crippen molar-refractivity contribution < 1.29 is 18.0 Å². The first-order chi connectivity index (χ1) is 12.6. The van der Waals surface area contributed by atoms with Crippen LogP contribution in [0.1, 0.15) is 32.9 Å². The van der Waals surface area contributed by atoms with E-state index in [0.29, 0.717) is 5.82 Å². The van der Waals surface area contributed by atoms with Gasteiger partial charge in [0.2, 0.25) is 0 Å². The zero-order chi connectivity index (χ0) is 19.8. The minimum absolute atomic E-state index is 0.0700. The van der Waals surface area contributed by atoms with Crippen LogP contribution in [-0.2, 0) is 6.18 Å². The summed E-state index contributed by atoms with van der Waals surface area (Å²) in [6, 6.07) is 8.75. The summed E-state index contributed by atoms with van der Waals surface area (Å²) in [5, 5.41) is 6.78. The van der Waals surface area contributed by atoms with E-state index in [9.17, 15) is 18.0 Å². The van der Waals surface area contributed by atoms with Crippen molar-refractivity contribution in [1.29, 1.82) is 0 Å². The third-order valence-corrected chi connectivity index (χ3v) is 4.04. The number of hydrogen-bond donors (Lipinski definition) is 1. The summed E-state index contributed by atoms with van der Waals surface area (Å²) < 4.78 is 40.6. The Balaban J connectivity index is 1.80.